The van der Waals surface area contributed by atoms with Crippen molar-refractivity contribution in [2.24, 2.45) is 0 Å². The van der Waals surface area contributed by atoms with Gasteiger partial charge in [-0.2, -0.15) is 0 Å². The van der Waals surface area contributed by atoms with Gasteiger partial charge < -0.3 is 5.32 Å². The summed E-state index contributed by atoms with van der Waals surface area (Å²) in [5.74, 6) is -0.419. The summed E-state index contributed by atoms with van der Waals surface area (Å²) in [4.78, 5) is 12.9. The fourth-order valence-corrected chi connectivity index (χ4v) is 2.93. The van der Waals surface area contributed by atoms with Crippen LogP contribution in [0.3, 0.4) is 0 Å². The number of piperidine rings is 1. The number of benzene rings is 1. The topological polar surface area (TPSA) is 58.4 Å². The van der Waals surface area contributed by atoms with Crippen LogP contribution in [0, 0.1) is 15.9 Å². The summed E-state index contributed by atoms with van der Waals surface area (Å²) >= 11 is 0. The monoisotopic (exact) mass is 331 g/mol. The standard InChI is InChI=1S/C15H22FN3O2.ClH/c1-2-9-18(14-5-7-17-8-6-14)11-12-10-13(16)3-4-15(12)19(20)21;/h3-4,10,14,17H,2,5-9,11H2,1H3;1H. The Morgan fingerprint density at radius 3 is 2.68 bits per heavy atom. The average molecular weight is 332 g/mol. The molecule has 1 heterocycles. The van der Waals surface area contributed by atoms with Crippen LogP contribution in [0.1, 0.15) is 31.7 Å². The fourth-order valence-electron chi connectivity index (χ4n) is 2.93. The van der Waals surface area contributed by atoms with Crippen LogP contribution in [0.25, 0.3) is 0 Å². The van der Waals surface area contributed by atoms with Gasteiger partial charge in [-0.1, -0.05) is 6.92 Å². The van der Waals surface area contributed by atoms with Crippen molar-refractivity contribution in [3.63, 3.8) is 0 Å². The van der Waals surface area contributed by atoms with Gasteiger partial charge in [-0.3, -0.25) is 15.0 Å². The number of nitro benzene ring substituents is 1. The number of nitro groups is 1. The molecule has 0 aliphatic carbocycles. The zero-order valence-electron chi connectivity index (χ0n) is 12.8. The summed E-state index contributed by atoms with van der Waals surface area (Å²) in [5.41, 5.74) is 0.471. The summed E-state index contributed by atoms with van der Waals surface area (Å²) in [6.07, 6.45) is 3.04. The molecule has 5 nitrogen and oxygen atoms in total. The number of hydrogen-bond donors (Lipinski definition) is 1. The second kappa shape index (κ2) is 9.02. The average Bonchev–Trinajstić information content (AvgIpc) is 2.47. The van der Waals surface area contributed by atoms with E-state index in [-0.39, 0.29) is 18.1 Å². The zero-order chi connectivity index (χ0) is 15.2. The Morgan fingerprint density at radius 1 is 1.41 bits per heavy atom. The van der Waals surface area contributed by atoms with Crippen molar-refractivity contribution in [1.82, 2.24) is 10.2 Å². The van der Waals surface area contributed by atoms with E-state index in [1.807, 2.05) is 0 Å². The van der Waals surface area contributed by atoms with Crippen LogP contribution < -0.4 is 5.32 Å². The third kappa shape index (κ3) is 4.90. The highest BCUT2D eigenvalue weighted by molar-refractivity contribution is 5.85. The van der Waals surface area contributed by atoms with E-state index in [0.717, 1.165) is 45.0 Å². The molecule has 0 unspecified atom stereocenters. The van der Waals surface area contributed by atoms with Gasteiger partial charge in [0, 0.05) is 24.2 Å². The lowest BCUT2D eigenvalue weighted by Gasteiger charge is -2.34. The Labute approximate surface area is 136 Å². The van der Waals surface area contributed by atoms with E-state index in [9.17, 15) is 14.5 Å². The number of rotatable bonds is 6. The molecule has 22 heavy (non-hydrogen) atoms. The van der Waals surface area contributed by atoms with Gasteiger partial charge in [0.15, 0.2) is 0 Å². The van der Waals surface area contributed by atoms with Crippen LogP contribution in [0.5, 0.6) is 0 Å². The molecular weight excluding hydrogens is 309 g/mol. The number of hydrogen-bond acceptors (Lipinski definition) is 4. The molecule has 0 spiro atoms. The lowest BCUT2D eigenvalue weighted by Crippen LogP contribution is -2.43. The third-order valence-electron chi connectivity index (χ3n) is 3.95. The van der Waals surface area contributed by atoms with E-state index in [1.54, 1.807) is 0 Å². The Balaban J connectivity index is 0.00000242. The highest BCUT2D eigenvalue weighted by Gasteiger charge is 2.23. The smallest absolute Gasteiger partial charge is 0.274 e. The van der Waals surface area contributed by atoms with Gasteiger partial charge in [0.1, 0.15) is 5.82 Å². The Bertz CT molecular complexity index is 496. The second-order valence-corrected chi connectivity index (χ2v) is 5.48. The van der Waals surface area contributed by atoms with Gasteiger partial charge in [-0.05, 0) is 51.0 Å². The molecule has 1 fully saturated rings. The molecule has 0 bridgehead atoms. The number of halogens is 2. The van der Waals surface area contributed by atoms with Crippen LogP contribution in [-0.2, 0) is 6.54 Å². The van der Waals surface area contributed by atoms with Crippen LogP contribution in [0.15, 0.2) is 18.2 Å². The van der Waals surface area contributed by atoms with Crippen molar-refractivity contribution in [3.05, 3.63) is 39.7 Å². The Hall–Kier alpha value is -1.24. The molecule has 1 N–H and O–H groups in total. The molecular formula is C15H23ClFN3O2. The summed E-state index contributed by atoms with van der Waals surface area (Å²) in [5, 5.41) is 14.4. The molecule has 0 atom stereocenters. The molecule has 1 saturated heterocycles. The van der Waals surface area contributed by atoms with Crippen molar-refractivity contribution in [2.75, 3.05) is 19.6 Å². The maximum absolute atomic E-state index is 13.4. The summed E-state index contributed by atoms with van der Waals surface area (Å²) in [6.45, 7) is 5.34. The van der Waals surface area contributed by atoms with E-state index in [4.69, 9.17) is 0 Å². The summed E-state index contributed by atoms with van der Waals surface area (Å²) < 4.78 is 13.4. The van der Waals surface area contributed by atoms with Gasteiger partial charge in [0.25, 0.3) is 5.69 Å². The van der Waals surface area contributed by atoms with Crippen LogP contribution in [0.2, 0.25) is 0 Å². The summed E-state index contributed by atoms with van der Waals surface area (Å²) in [6, 6.07) is 4.11. The van der Waals surface area contributed by atoms with Gasteiger partial charge in [-0.25, -0.2) is 4.39 Å². The Kier molecular flexibility index (Phi) is 7.72. The highest BCUT2D eigenvalue weighted by atomic mass is 35.5. The first-order valence-electron chi connectivity index (χ1n) is 7.49. The molecule has 0 amide bonds. The molecule has 0 radical (unpaired) electrons. The maximum Gasteiger partial charge on any atom is 0.274 e. The van der Waals surface area contributed by atoms with Crippen molar-refractivity contribution in [3.8, 4) is 0 Å². The largest absolute Gasteiger partial charge is 0.317 e. The van der Waals surface area contributed by atoms with Crippen molar-refractivity contribution < 1.29 is 9.31 Å². The second-order valence-electron chi connectivity index (χ2n) is 5.48. The van der Waals surface area contributed by atoms with Crippen LogP contribution >= 0.6 is 12.4 Å². The molecule has 1 aromatic carbocycles. The summed E-state index contributed by atoms with van der Waals surface area (Å²) in [7, 11) is 0. The van der Waals surface area contributed by atoms with Gasteiger partial charge in [0.2, 0.25) is 0 Å². The zero-order valence-corrected chi connectivity index (χ0v) is 13.6. The fraction of sp³-hybridized carbons (Fsp3) is 0.600. The predicted molar refractivity (Wildman–Crippen MR) is 86.9 cm³/mol. The molecule has 0 saturated carbocycles. The van der Waals surface area contributed by atoms with Crippen LogP contribution in [0.4, 0.5) is 10.1 Å². The van der Waals surface area contributed by atoms with Gasteiger partial charge in [0.05, 0.1) is 4.92 Å². The van der Waals surface area contributed by atoms with Gasteiger partial charge >= 0.3 is 0 Å². The van der Waals surface area contributed by atoms with Crippen molar-refractivity contribution in [1.29, 1.82) is 0 Å². The lowest BCUT2D eigenvalue weighted by molar-refractivity contribution is -0.385. The maximum atomic E-state index is 13.4. The minimum absolute atomic E-state index is 0. The molecule has 2 rings (SSSR count). The lowest BCUT2D eigenvalue weighted by atomic mass is 10.0. The van der Waals surface area contributed by atoms with Crippen molar-refractivity contribution >= 4 is 18.1 Å². The van der Waals surface area contributed by atoms with E-state index < -0.39 is 10.7 Å². The quantitative estimate of drug-likeness (QED) is 0.642. The first kappa shape index (κ1) is 18.8. The molecule has 7 heteroatoms. The predicted octanol–water partition coefficient (Wildman–Crippen LogP) is 3.12. The normalized spacial score (nSPS) is 15.6. The molecule has 1 aliphatic rings. The van der Waals surface area contributed by atoms with E-state index in [2.05, 4.69) is 17.1 Å². The third-order valence-corrected chi connectivity index (χ3v) is 3.95. The first-order valence-corrected chi connectivity index (χ1v) is 7.49. The van der Waals surface area contributed by atoms with Crippen molar-refractivity contribution in [2.45, 2.75) is 38.8 Å². The highest BCUT2D eigenvalue weighted by Crippen LogP contribution is 2.24. The number of nitrogens with one attached hydrogen (secondary N) is 1. The minimum atomic E-state index is -0.429. The molecule has 1 aromatic rings. The Morgan fingerprint density at radius 2 is 2.09 bits per heavy atom. The molecule has 1 aliphatic heterocycles. The molecule has 0 aromatic heterocycles. The van der Waals surface area contributed by atoms with E-state index >= 15 is 0 Å². The van der Waals surface area contributed by atoms with E-state index in [1.165, 1.54) is 12.1 Å². The number of nitrogens with zero attached hydrogens (tertiary/aromatic N) is 2. The molecule has 124 valence electrons. The minimum Gasteiger partial charge on any atom is -0.317 e. The van der Waals surface area contributed by atoms with Crippen LogP contribution in [-0.4, -0.2) is 35.5 Å². The van der Waals surface area contributed by atoms with Gasteiger partial charge in [-0.15, -0.1) is 12.4 Å². The SMILES string of the molecule is CCCN(Cc1cc(F)ccc1[N+](=O)[O-])C1CCNCC1.Cl. The van der Waals surface area contributed by atoms with E-state index in [0.29, 0.717) is 18.2 Å². The first-order chi connectivity index (χ1) is 10.1.